The van der Waals surface area contributed by atoms with Crippen molar-refractivity contribution in [1.29, 1.82) is 0 Å². The van der Waals surface area contributed by atoms with Crippen LogP contribution in [0.4, 0.5) is 0 Å². The number of nitrogens with one attached hydrogen (secondary N) is 2. The summed E-state index contributed by atoms with van der Waals surface area (Å²) in [5.41, 5.74) is 4.39. The monoisotopic (exact) mass is 523 g/mol. The van der Waals surface area contributed by atoms with E-state index in [1.807, 2.05) is 35.7 Å². The lowest BCUT2D eigenvalue weighted by Crippen LogP contribution is -2.45. The zero-order chi connectivity index (χ0) is 25.0. The number of hydrogen-bond donors (Lipinski definition) is 2. The van der Waals surface area contributed by atoms with E-state index >= 15 is 0 Å². The summed E-state index contributed by atoms with van der Waals surface area (Å²) in [5.74, 6) is 0. The first-order valence-electron chi connectivity index (χ1n) is 11.9. The number of likely N-dealkylation sites (N-methyl/N-ethyl adjacent to an activating group) is 1. The fourth-order valence-electron chi connectivity index (χ4n) is 4.56. The second-order valence-corrected chi connectivity index (χ2v) is 11.6. The minimum Gasteiger partial charge on any atom is -0.297 e. The number of thiophene rings is 1. The van der Waals surface area contributed by atoms with Gasteiger partial charge in [0.05, 0.1) is 16.8 Å². The van der Waals surface area contributed by atoms with Crippen LogP contribution >= 0.6 is 11.3 Å². The van der Waals surface area contributed by atoms with Crippen LogP contribution < -0.4 is 4.72 Å². The van der Waals surface area contributed by atoms with Crippen molar-refractivity contribution in [3.8, 4) is 22.0 Å². The van der Waals surface area contributed by atoms with Crippen molar-refractivity contribution in [1.82, 2.24) is 34.1 Å². The van der Waals surface area contributed by atoms with Gasteiger partial charge < -0.3 is 0 Å². The molecule has 1 aliphatic rings. The molecule has 5 rings (SSSR count). The fourth-order valence-corrected chi connectivity index (χ4v) is 6.43. The van der Waals surface area contributed by atoms with Crippen LogP contribution in [0.5, 0.6) is 0 Å². The Balaban J connectivity index is 1.24. The second-order valence-electron chi connectivity index (χ2n) is 8.82. The van der Waals surface area contributed by atoms with Gasteiger partial charge in [0.15, 0.2) is 0 Å². The first-order chi connectivity index (χ1) is 17.5. The van der Waals surface area contributed by atoms with Gasteiger partial charge in [0.1, 0.15) is 11.4 Å². The minimum absolute atomic E-state index is 0.0584. The number of likely N-dealkylation sites (tertiary alicyclic amines) is 1. The molecule has 36 heavy (non-hydrogen) atoms. The van der Waals surface area contributed by atoms with Crippen molar-refractivity contribution in [2.45, 2.75) is 25.4 Å². The highest BCUT2D eigenvalue weighted by Gasteiger charge is 2.32. The maximum absolute atomic E-state index is 13.1. The maximum atomic E-state index is 13.1. The molecule has 4 heterocycles. The van der Waals surface area contributed by atoms with Gasteiger partial charge in [0.2, 0.25) is 0 Å². The molecule has 1 atom stereocenters. The van der Waals surface area contributed by atoms with Crippen LogP contribution in [-0.4, -0.2) is 70.5 Å². The molecular formula is C25H29N7O2S2. The van der Waals surface area contributed by atoms with E-state index < -0.39 is 10.2 Å². The van der Waals surface area contributed by atoms with Crippen molar-refractivity contribution < 1.29 is 8.42 Å². The number of H-pyrrole nitrogens is 1. The number of aromatic amines is 1. The van der Waals surface area contributed by atoms with Crippen LogP contribution in [0.1, 0.15) is 17.5 Å². The highest BCUT2D eigenvalue weighted by molar-refractivity contribution is 7.87. The van der Waals surface area contributed by atoms with Gasteiger partial charge in [0.25, 0.3) is 10.2 Å². The van der Waals surface area contributed by atoms with Crippen LogP contribution in [0, 0.1) is 0 Å². The smallest absolute Gasteiger partial charge is 0.279 e. The molecular weight excluding hydrogens is 494 g/mol. The lowest BCUT2D eigenvalue weighted by Gasteiger charge is -2.24. The Labute approximate surface area is 215 Å². The predicted octanol–water partition coefficient (Wildman–Crippen LogP) is 3.18. The molecule has 0 saturated carbocycles. The van der Waals surface area contributed by atoms with Gasteiger partial charge in [-0.2, -0.15) is 17.8 Å². The molecule has 1 aliphatic heterocycles. The van der Waals surface area contributed by atoms with Gasteiger partial charge in [-0.25, -0.2) is 4.72 Å². The molecule has 188 valence electrons. The molecule has 0 radical (unpaired) electrons. The number of hydrogen-bond acceptors (Lipinski definition) is 7. The van der Waals surface area contributed by atoms with Crippen LogP contribution in [-0.2, 0) is 23.2 Å². The summed E-state index contributed by atoms with van der Waals surface area (Å²) in [5, 5.41) is 9.59. The average molecular weight is 524 g/mol. The molecule has 3 aromatic heterocycles. The lowest BCUT2D eigenvalue weighted by molar-refractivity contribution is 0.297. The van der Waals surface area contributed by atoms with Gasteiger partial charge in [-0.05, 0) is 29.9 Å². The Hall–Kier alpha value is -2.96. The Kier molecular flexibility index (Phi) is 7.54. The Bertz CT molecular complexity index is 1360. The number of nitrogens with zero attached hydrogens (tertiary/aromatic N) is 5. The zero-order valence-corrected chi connectivity index (χ0v) is 21.7. The van der Waals surface area contributed by atoms with E-state index in [9.17, 15) is 8.42 Å². The van der Waals surface area contributed by atoms with Gasteiger partial charge in [0, 0.05) is 57.2 Å². The molecule has 0 aliphatic carbocycles. The maximum Gasteiger partial charge on any atom is 0.279 e. The van der Waals surface area contributed by atoms with Gasteiger partial charge >= 0.3 is 0 Å². The van der Waals surface area contributed by atoms with E-state index in [0.717, 1.165) is 41.3 Å². The SMILES string of the molecule is CN([C@H]1CCN(Cc2ccccc2)C1)S(=O)(=O)NCCc1c(-c2cccs2)n[nH]c1-c1cnccn1. The van der Waals surface area contributed by atoms with Crippen LogP contribution in [0.3, 0.4) is 0 Å². The number of aromatic nitrogens is 4. The molecule has 11 heteroatoms. The normalized spacial score (nSPS) is 16.7. The van der Waals surface area contributed by atoms with Crippen LogP contribution in [0.25, 0.3) is 22.0 Å². The first-order valence-corrected chi connectivity index (χ1v) is 14.2. The minimum atomic E-state index is -3.64. The first kappa shape index (κ1) is 24.7. The Morgan fingerprint density at radius 1 is 1.19 bits per heavy atom. The van der Waals surface area contributed by atoms with E-state index in [0.29, 0.717) is 18.7 Å². The van der Waals surface area contributed by atoms with Crippen molar-refractivity contribution >= 4 is 21.5 Å². The molecule has 2 N–H and O–H groups in total. The van der Waals surface area contributed by atoms with E-state index in [1.54, 1.807) is 37.0 Å². The van der Waals surface area contributed by atoms with E-state index in [2.05, 4.69) is 41.9 Å². The topological polar surface area (TPSA) is 107 Å². The molecule has 1 fully saturated rings. The average Bonchev–Trinajstić information content (AvgIpc) is 3.66. The molecule has 1 saturated heterocycles. The van der Waals surface area contributed by atoms with Gasteiger partial charge in [-0.15, -0.1) is 11.3 Å². The van der Waals surface area contributed by atoms with Crippen molar-refractivity contribution in [2.75, 3.05) is 26.7 Å². The fraction of sp³-hybridized carbons (Fsp3) is 0.320. The third-order valence-corrected chi connectivity index (χ3v) is 8.99. The summed E-state index contributed by atoms with van der Waals surface area (Å²) >= 11 is 1.59. The summed E-state index contributed by atoms with van der Waals surface area (Å²) < 4.78 is 30.5. The predicted molar refractivity (Wildman–Crippen MR) is 141 cm³/mol. The van der Waals surface area contributed by atoms with Crippen molar-refractivity contribution in [3.05, 3.63) is 77.6 Å². The third-order valence-electron chi connectivity index (χ3n) is 6.49. The van der Waals surface area contributed by atoms with Gasteiger partial charge in [-0.1, -0.05) is 36.4 Å². The van der Waals surface area contributed by atoms with E-state index in [-0.39, 0.29) is 12.6 Å². The molecule has 0 bridgehead atoms. The Morgan fingerprint density at radius 3 is 2.81 bits per heavy atom. The molecule has 0 spiro atoms. The quantitative estimate of drug-likeness (QED) is 0.331. The summed E-state index contributed by atoms with van der Waals surface area (Å²) in [6, 6.07) is 14.2. The summed E-state index contributed by atoms with van der Waals surface area (Å²) in [6.07, 6.45) is 6.20. The summed E-state index contributed by atoms with van der Waals surface area (Å²) in [7, 11) is -1.97. The number of benzene rings is 1. The molecule has 0 unspecified atom stereocenters. The molecule has 0 amide bonds. The van der Waals surface area contributed by atoms with Crippen molar-refractivity contribution in [2.24, 2.45) is 0 Å². The number of rotatable bonds is 10. The molecule has 9 nitrogen and oxygen atoms in total. The van der Waals surface area contributed by atoms with Crippen LogP contribution in [0.15, 0.2) is 66.4 Å². The van der Waals surface area contributed by atoms with Crippen LogP contribution in [0.2, 0.25) is 0 Å². The highest BCUT2D eigenvalue weighted by Crippen LogP contribution is 2.32. The van der Waals surface area contributed by atoms with Crippen molar-refractivity contribution in [3.63, 3.8) is 0 Å². The molecule has 1 aromatic carbocycles. The Morgan fingerprint density at radius 2 is 2.06 bits per heavy atom. The largest absolute Gasteiger partial charge is 0.297 e. The van der Waals surface area contributed by atoms with Gasteiger partial charge in [-0.3, -0.25) is 20.0 Å². The lowest BCUT2D eigenvalue weighted by atomic mass is 10.1. The standard InChI is InChI=1S/C25H29N7O2S2/c1-31(20-10-14-32(18-20)17-19-6-3-2-4-7-19)36(33,34)28-11-9-21-24(22-16-26-12-13-27-22)29-30-25(21)23-8-5-15-35-23/h2-8,12-13,15-16,20,28H,9-11,14,17-18H2,1H3,(H,29,30)/t20-/m0/s1. The van der Waals surface area contributed by atoms with E-state index in [1.165, 1.54) is 9.87 Å². The molecule has 4 aromatic rings. The summed E-state index contributed by atoms with van der Waals surface area (Å²) in [4.78, 5) is 11.9. The highest BCUT2D eigenvalue weighted by atomic mass is 32.2. The zero-order valence-electron chi connectivity index (χ0n) is 20.0. The third kappa shape index (κ3) is 5.55. The van der Waals surface area contributed by atoms with E-state index in [4.69, 9.17) is 0 Å². The summed E-state index contributed by atoms with van der Waals surface area (Å²) in [6.45, 7) is 2.67. The second kappa shape index (κ2) is 11.0.